The van der Waals surface area contributed by atoms with Crippen LogP contribution in [0.3, 0.4) is 0 Å². The molecule has 25 heavy (non-hydrogen) atoms. The first-order valence-electron chi connectivity index (χ1n) is 8.24. The topological polar surface area (TPSA) is 88.8 Å². The second-order valence-electron chi connectivity index (χ2n) is 6.06. The molecule has 1 N–H and O–H groups in total. The summed E-state index contributed by atoms with van der Waals surface area (Å²) in [4.78, 5) is 23.7. The predicted octanol–water partition coefficient (Wildman–Crippen LogP) is 1.29. The Kier molecular flexibility index (Phi) is 4.08. The number of aryl methyl sites for hydroxylation is 1. The molecule has 0 spiro atoms. The normalized spacial score (nSPS) is 14.4. The van der Waals surface area contributed by atoms with Crippen molar-refractivity contribution in [3.05, 3.63) is 28.9 Å². The third kappa shape index (κ3) is 3.07. The number of aromatic nitrogens is 5. The number of nitrogens with zero attached hydrogens (tertiary/aromatic N) is 6. The van der Waals surface area contributed by atoms with Crippen molar-refractivity contribution in [3.63, 3.8) is 0 Å². The zero-order valence-electron chi connectivity index (χ0n) is 14.2. The largest absolute Gasteiger partial charge is 0.354 e. The van der Waals surface area contributed by atoms with E-state index in [0.717, 1.165) is 59.6 Å². The molecule has 0 aliphatic carbocycles. The fraction of sp³-hybridized carbons (Fsp3) is 0.438. The van der Waals surface area contributed by atoms with Crippen molar-refractivity contribution in [1.82, 2.24) is 30.0 Å². The quantitative estimate of drug-likeness (QED) is 0.760. The van der Waals surface area contributed by atoms with Gasteiger partial charge >= 0.3 is 0 Å². The molecule has 9 heteroatoms. The van der Waals surface area contributed by atoms with Gasteiger partial charge in [-0.3, -0.25) is 4.79 Å². The summed E-state index contributed by atoms with van der Waals surface area (Å²) >= 11 is 1.64. The number of nitrogens with one attached hydrogen (secondary N) is 1. The zero-order valence-corrected chi connectivity index (χ0v) is 15.0. The van der Waals surface area contributed by atoms with Crippen molar-refractivity contribution in [1.29, 1.82) is 0 Å². The van der Waals surface area contributed by atoms with E-state index >= 15 is 0 Å². The molecule has 0 saturated heterocycles. The van der Waals surface area contributed by atoms with Crippen LogP contribution < -0.4 is 10.2 Å². The molecule has 3 aromatic heterocycles. The summed E-state index contributed by atoms with van der Waals surface area (Å²) < 4.78 is 2.11. The van der Waals surface area contributed by atoms with Crippen LogP contribution in [-0.4, -0.2) is 43.7 Å². The zero-order chi connectivity index (χ0) is 17.4. The Morgan fingerprint density at radius 2 is 2.16 bits per heavy atom. The molecule has 0 saturated carbocycles. The number of amides is 1. The Balaban J connectivity index is 1.59. The van der Waals surface area contributed by atoms with Crippen molar-refractivity contribution < 1.29 is 4.79 Å². The van der Waals surface area contributed by atoms with E-state index in [1.54, 1.807) is 11.3 Å². The highest BCUT2D eigenvalue weighted by atomic mass is 32.1. The molecule has 1 aliphatic heterocycles. The van der Waals surface area contributed by atoms with Crippen LogP contribution in [-0.2, 0) is 24.3 Å². The lowest BCUT2D eigenvalue weighted by molar-refractivity contribution is -0.119. The lowest BCUT2D eigenvalue weighted by Gasteiger charge is -2.22. The number of thiophene rings is 1. The van der Waals surface area contributed by atoms with Gasteiger partial charge in [0.15, 0.2) is 5.82 Å². The molecule has 0 radical (unpaired) electrons. The van der Waals surface area contributed by atoms with Gasteiger partial charge in [-0.1, -0.05) is 0 Å². The third-order valence-electron chi connectivity index (χ3n) is 4.31. The molecule has 8 nitrogen and oxygen atoms in total. The van der Waals surface area contributed by atoms with Crippen LogP contribution in [0.1, 0.15) is 24.4 Å². The van der Waals surface area contributed by atoms with E-state index in [-0.39, 0.29) is 5.91 Å². The highest BCUT2D eigenvalue weighted by Gasteiger charge is 2.21. The van der Waals surface area contributed by atoms with E-state index in [9.17, 15) is 4.79 Å². The molecule has 130 valence electrons. The minimum atomic E-state index is -0.0658. The lowest BCUT2D eigenvalue weighted by Crippen LogP contribution is -2.28. The maximum absolute atomic E-state index is 11.2. The highest BCUT2D eigenvalue weighted by molar-refractivity contribution is 7.16. The second kappa shape index (κ2) is 6.40. The van der Waals surface area contributed by atoms with Gasteiger partial charge in [0, 0.05) is 33.0 Å². The third-order valence-corrected chi connectivity index (χ3v) is 5.12. The number of anilines is 1. The number of hydrogen-bond donors (Lipinski definition) is 1. The van der Waals surface area contributed by atoms with E-state index < -0.39 is 0 Å². The summed E-state index contributed by atoms with van der Waals surface area (Å²) in [6.07, 6.45) is 0.793. The first-order valence-corrected chi connectivity index (χ1v) is 9.12. The molecule has 0 aromatic carbocycles. The van der Waals surface area contributed by atoms with Gasteiger partial charge in [0.2, 0.25) is 5.91 Å². The van der Waals surface area contributed by atoms with Crippen molar-refractivity contribution >= 4 is 33.3 Å². The van der Waals surface area contributed by atoms with E-state index in [1.165, 1.54) is 6.92 Å². The first-order chi connectivity index (χ1) is 12.1. The number of carbonyl (C=O) groups excluding carboxylic acids is 1. The van der Waals surface area contributed by atoms with Crippen LogP contribution in [0.25, 0.3) is 10.2 Å². The molecule has 0 atom stereocenters. The average molecular weight is 357 g/mol. The molecule has 4 heterocycles. The minimum Gasteiger partial charge on any atom is -0.354 e. The SMILES string of the molecule is CC(=O)NCc1nnc2n1CCN(c1nc(C)nc3sccc13)CC2. The van der Waals surface area contributed by atoms with E-state index in [1.807, 2.05) is 6.92 Å². The number of carbonyl (C=O) groups is 1. The molecule has 1 aliphatic rings. The highest BCUT2D eigenvalue weighted by Crippen LogP contribution is 2.28. The van der Waals surface area contributed by atoms with Gasteiger partial charge in [-0.25, -0.2) is 9.97 Å². The molecule has 3 aromatic rings. The smallest absolute Gasteiger partial charge is 0.217 e. The summed E-state index contributed by atoms with van der Waals surface area (Å²) in [7, 11) is 0. The van der Waals surface area contributed by atoms with E-state index in [2.05, 4.69) is 46.4 Å². The van der Waals surface area contributed by atoms with Crippen LogP contribution in [0.4, 0.5) is 5.82 Å². The van der Waals surface area contributed by atoms with Gasteiger partial charge < -0.3 is 14.8 Å². The fourth-order valence-electron chi connectivity index (χ4n) is 3.11. The fourth-order valence-corrected chi connectivity index (χ4v) is 3.92. The molecule has 1 amide bonds. The summed E-state index contributed by atoms with van der Waals surface area (Å²) in [5.74, 6) is 3.47. The van der Waals surface area contributed by atoms with Gasteiger partial charge in [0.1, 0.15) is 22.3 Å². The summed E-state index contributed by atoms with van der Waals surface area (Å²) in [6.45, 7) is 6.26. The molecule has 0 unspecified atom stereocenters. The van der Waals surface area contributed by atoms with Crippen LogP contribution in [0.5, 0.6) is 0 Å². The summed E-state index contributed by atoms with van der Waals surface area (Å²) in [5, 5.41) is 14.5. The lowest BCUT2D eigenvalue weighted by atomic mass is 10.3. The van der Waals surface area contributed by atoms with Gasteiger partial charge in [-0.2, -0.15) is 0 Å². The van der Waals surface area contributed by atoms with Gasteiger partial charge in [-0.15, -0.1) is 21.5 Å². The van der Waals surface area contributed by atoms with Crippen molar-refractivity contribution in [3.8, 4) is 0 Å². The number of hydrogen-bond acceptors (Lipinski definition) is 7. The Morgan fingerprint density at radius 3 is 3.00 bits per heavy atom. The number of fused-ring (bicyclic) bond motifs is 2. The Labute approximate surface area is 148 Å². The standard InChI is InChI=1S/C16H19N7OS/c1-10-18-15(12-4-8-25-16(12)19-10)22-5-3-13-20-21-14(9-17-11(2)24)23(13)7-6-22/h4,8H,3,5-7,9H2,1-2H3,(H,17,24). The van der Waals surface area contributed by atoms with E-state index in [0.29, 0.717) is 6.54 Å². The van der Waals surface area contributed by atoms with Crippen molar-refractivity contribution in [2.75, 3.05) is 18.0 Å². The average Bonchev–Trinajstić information content (AvgIpc) is 3.14. The Bertz CT molecular complexity index is 932. The summed E-state index contributed by atoms with van der Waals surface area (Å²) in [5.41, 5.74) is 0. The maximum atomic E-state index is 11.2. The molecular weight excluding hydrogens is 338 g/mol. The molecular formula is C16H19N7OS. The molecule has 4 rings (SSSR count). The second-order valence-corrected chi connectivity index (χ2v) is 6.96. The Hall–Kier alpha value is -2.55. The molecule has 0 bridgehead atoms. The minimum absolute atomic E-state index is 0.0658. The summed E-state index contributed by atoms with van der Waals surface area (Å²) in [6, 6.07) is 2.09. The van der Waals surface area contributed by atoms with Gasteiger partial charge in [0.25, 0.3) is 0 Å². The van der Waals surface area contributed by atoms with Crippen LogP contribution >= 0.6 is 11.3 Å². The Morgan fingerprint density at radius 1 is 1.28 bits per heavy atom. The van der Waals surface area contributed by atoms with Gasteiger partial charge in [-0.05, 0) is 18.4 Å². The predicted molar refractivity (Wildman–Crippen MR) is 95.6 cm³/mol. The molecule has 0 fully saturated rings. The number of rotatable bonds is 3. The monoisotopic (exact) mass is 357 g/mol. The first kappa shape index (κ1) is 15.9. The van der Waals surface area contributed by atoms with Crippen LogP contribution in [0, 0.1) is 6.92 Å². The van der Waals surface area contributed by atoms with Crippen LogP contribution in [0.2, 0.25) is 0 Å². The van der Waals surface area contributed by atoms with Crippen molar-refractivity contribution in [2.45, 2.75) is 33.4 Å². The van der Waals surface area contributed by atoms with Gasteiger partial charge in [0.05, 0.1) is 11.9 Å². The van der Waals surface area contributed by atoms with E-state index in [4.69, 9.17) is 0 Å². The van der Waals surface area contributed by atoms with Crippen LogP contribution in [0.15, 0.2) is 11.4 Å². The van der Waals surface area contributed by atoms with Crippen molar-refractivity contribution in [2.24, 2.45) is 0 Å². The maximum Gasteiger partial charge on any atom is 0.217 e.